The number of carbonyl (C=O) groups is 3. The van der Waals surface area contributed by atoms with E-state index in [2.05, 4.69) is 5.32 Å². The third-order valence-corrected chi connectivity index (χ3v) is 3.59. The molecule has 0 spiro atoms. The largest absolute Gasteiger partial charge is 0.346 e. The number of carbonyl (C=O) groups excluding carboxylic acids is 3. The van der Waals surface area contributed by atoms with Crippen LogP contribution < -0.4 is 5.32 Å². The van der Waals surface area contributed by atoms with Crippen LogP contribution in [0.5, 0.6) is 0 Å². The summed E-state index contributed by atoms with van der Waals surface area (Å²) in [4.78, 5) is 40.0. The van der Waals surface area contributed by atoms with Gasteiger partial charge in [0.25, 0.3) is 0 Å². The minimum atomic E-state index is -0.556. The Kier molecular flexibility index (Phi) is 3.49. The minimum Gasteiger partial charge on any atom is -0.346 e. The number of nitrogens with one attached hydrogen (secondary N) is 1. The highest BCUT2D eigenvalue weighted by Gasteiger charge is 2.46. The lowest BCUT2D eigenvalue weighted by atomic mass is 9.92. The van der Waals surface area contributed by atoms with Crippen LogP contribution in [0.3, 0.4) is 0 Å². The highest BCUT2D eigenvalue weighted by Crippen LogP contribution is 2.24. The van der Waals surface area contributed by atoms with Gasteiger partial charge in [-0.05, 0) is 0 Å². The number of rotatable bonds is 1. The zero-order valence-electron chi connectivity index (χ0n) is 11.6. The van der Waals surface area contributed by atoms with Crippen molar-refractivity contribution in [3.63, 3.8) is 0 Å². The summed E-state index contributed by atoms with van der Waals surface area (Å²) in [6, 6.07) is 0. The van der Waals surface area contributed by atoms with Crippen LogP contribution in [-0.2, 0) is 14.4 Å². The van der Waals surface area contributed by atoms with Crippen molar-refractivity contribution in [1.82, 2.24) is 20.0 Å². The van der Waals surface area contributed by atoms with E-state index in [1.165, 1.54) is 20.8 Å². The van der Waals surface area contributed by atoms with Gasteiger partial charge in [-0.3, -0.25) is 19.3 Å². The van der Waals surface area contributed by atoms with Crippen molar-refractivity contribution in [2.45, 2.75) is 26.3 Å². The molecule has 0 aromatic carbocycles. The van der Waals surface area contributed by atoms with E-state index >= 15 is 0 Å². The molecule has 0 aromatic heterocycles. The van der Waals surface area contributed by atoms with Gasteiger partial charge in [0.1, 0.15) is 0 Å². The predicted octanol–water partition coefficient (Wildman–Crippen LogP) is -1.20. The molecule has 0 unspecified atom stereocenters. The predicted molar refractivity (Wildman–Crippen MR) is 67.8 cm³/mol. The van der Waals surface area contributed by atoms with E-state index in [0.29, 0.717) is 33.0 Å². The molecule has 2 aliphatic rings. The van der Waals surface area contributed by atoms with Crippen molar-refractivity contribution in [1.29, 1.82) is 0 Å². The summed E-state index contributed by atoms with van der Waals surface area (Å²) in [5, 5.41) is 2.93. The Morgan fingerprint density at radius 1 is 0.895 bits per heavy atom. The first-order valence-electron chi connectivity index (χ1n) is 6.33. The molecule has 0 aliphatic carbocycles. The summed E-state index contributed by atoms with van der Waals surface area (Å²) in [6.45, 7) is 7.06. The Labute approximate surface area is 112 Å². The van der Waals surface area contributed by atoms with E-state index in [9.17, 15) is 14.4 Å². The summed E-state index contributed by atoms with van der Waals surface area (Å²) in [5.41, 5.74) is -0.556. The Morgan fingerprint density at radius 3 is 1.74 bits per heavy atom. The fraction of sp³-hybridized carbons (Fsp3) is 0.750. The van der Waals surface area contributed by atoms with Crippen molar-refractivity contribution in [3.05, 3.63) is 0 Å². The summed E-state index contributed by atoms with van der Waals surface area (Å²) in [6.07, 6.45) is 0. The van der Waals surface area contributed by atoms with Crippen molar-refractivity contribution in [2.24, 2.45) is 0 Å². The van der Waals surface area contributed by atoms with Gasteiger partial charge >= 0.3 is 0 Å². The van der Waals surface area contributed by atoms with E-state index in [4.69, 9.17) is 0 Å². The first-order chi connectivity index (χ1) is 8.81. The molecule has 19 heavy (non-hydrogen) atoms. The molecule has 0 radical (unpaired) electrons. The molecule has 2 aliphatic heterocycles. The quantitative estimate of drug-likeness (QED) is 0.648. The average Bonchev–Trinajstić information content (AvgIpc) is 2.25. The minimum absolute atomic E-state index is 0.0179. The van der Waals surface area contributed by atoms with Gasteiger partial charge in [0.2, 0.25) is 17.7 Å². The van der Waals surface area contributed by atoms with Crippen LogP contribution in [0.15, 0.2) is 0 Å². The van der Waals surface area contributed by atoms with Crippen molar-refractivity contribution in [2.75, 3.05) is 33.0 Å². The second kappa shape index (κ2) is 4.80. The summed E-state index contributed by atoms with van der Waals surface area (Å²) >= 11 is 0. The average molecular weight is 268 g/mol. The first kappa shape index (κ1) is 13.8. The molecule has 0 aromatic rings. The van der Waals surface area contributed by atoms with Crippen LogP contribution >= 0.6 is 0 Å². The SMILES string of the molecule is CC(=O)NC12CN(CN(C(C)=O)C1)CN(C(C)=O)C2. The molecule has 3 amide bonds. The lowest BCUT2D eigenvalue weighted by molar-refractivity contribution is -0.152. The zero-order valence-corrected chi connectivity index (χ0v) is 11.6. The molecular weight excluding hydrogens is 248 g/mol. The normalized spacial score (nSPS) is 29.9. The lowest BCUT2D eigenvalue weighted by Gasteiger charge is -2.54. The van der Waals surface area contributed by atoms with Gasteiger partial charge in [-0.2, -0.15) is 0 Å². The van der Waals surface area contributed by atoms with E-state index in [1.54, 1.807) is 9.80 Å². The number of hydrogen-bond acceptors (Lipinski definition) is 4. The molecule has 2 heterocycles. The second-order valence-corrected chi connectivity index (χ2v) is 5.51. The van der Waals surface area contributed by atoms with Crippen LogP contribution in [0, 0.1) is 0 Å². The summed E-state index contributed by atoms with van der Waals surface area (Å²) in [5.74, 6) is -0.179. The monoisotopic (exact) mass is 268 g/mol. The second-order valence-electron chi connectivity index (χ2n) is 5.51. The maximum absolute atomic E-state index is 11.6. The van der Waals surface area contributed by atoms with Gasteiger partial charge in [-0.25, -0.2) is 0 Å². The van der Waals surface area contributed by atoms with Gasteiger partial charge < -0.3 is 15.1 Å². The molecule has 2 rings (SSSR count). The van der Waals surface area contributed by atoms with Crippen molar-refractivity contribution < 1.29 is 14.4 Å². The topological polar surface area (TPSA) is 73.0 Å². The first-order valence-corrected chi connectivity index (χ1v) is 6.33. The summed E-state index contributed by atoms with van der Waals surface area (Å²) < 4.78 is 0. The van der Waals surface area contributed by atoms with Gasteiger partial charge in [0.15, 0.2) is 0 Å². The van der Waals surface area contributed by atoms with Gasteiger partial charge in [0.05, 0.1) is 18.9 Å². The standard InChI is InChI=1S/C12H20N4O3/c1-9(17)13-12-4-14(7-15(5-12)10(2)18)8-16(6-12)11(3)19/h4-8H2,1-3H3,(H,13,17). The molecule has 0 saturated carbocycles. The van der Waals surface area contributed by atoms with Gasteiger partial charge in [-0.1, -0.05) is 0 Å². The fourth-order valence-corrected chi connectivity index (χ4v) is 2.95. The smallest absolute Gasteiger partial charge is 0.220 e. The van der Waals surface area contributed by atoms with Crippen LogP contribution in [0.1, 0.15) is 20.8 Å². The molecule has 1 N–H and O–H groups in total. The molecule has 0 atom stereocenters. The highest BCUT2D eigenvalue weighted by atomic mass is 16.2. The van der Waals surface area contributed by atoms with Gasteiger partial charge in [-0.15, -0.1) is 0 Å². The summed E-state index contributed by atoms with van der Waals surface area (Å²) in [7, 11) is 0. The van der Waals surface area contributed by atoms with Crippen molar-refractivity contribution in [3.8, 4) is 0 Å². The molecule has 7 heteroatoms. The Balaban J connectivity index is 2.24. The highest BCUT2D eigenvalue weighted by molar-refractivity contribution is 5.77. The fourth-order valence-electron chi connectivity index (χ4n) is 2.95. The maximum atomic E-state index is 11.6. The van der Waals surface area contributed by atoms with Crippen LogP contribution in [-0.4, -0.2) is 70.9 Å². The number of nitrogens with zero attached hydrogens (tertiary/aromatic N) is 3. The molecule has 2 saturated heterocycles. The zero-order chi connectivity index (χ0) is 14.2. The van der Waals surface area contributed by atoms with E-state index in [1.807, 2.05) is 4.90 Å². The Morgan fingerprint density at radius 2 is 1.37 bits per heavy atom. The molecule has 2 fully saturated rings. The Hall–Kier alpha value is -1.63. The third kappa shape index (κ3) is 2.86. The van der Waals surface area contributed by atoms with E-state index in [0.717, 1.165) is 0 Å². The molecule has 2 bridgehead atoms. The lowest BCUT2D eigenvalue weighted by Crippen LogP contribution is -2.75. The number of hydrogen-bond donors (Lipinski definition) is 1. The molecule has 106 valence electrons. The number of amides is 3. The van der Waals surface area contributed by atoms with Gasteiger partial charge in [0, 0.05) is 40.4 Å². The van der Waals surface area contributed by atoms with Crippen LogP contribution in [0.25, 0.3) is 0 Å². The molecular formula is C12H20N4O3. The third-order valence-electron chi connectivity index (χ3n) is 3.59. The number of fused-ring (bicyclic) bond motifs is 2. The molecule has 7 nitrogen and oxygen atoms in total. The van der Waals surface area contributed by atoms with Crippen LogP contribution in [0.2, 0.25) is 0 Å². The Bertz CT molecular complexity index is 397. The van der Waals surface area contributed by atoms with E-state index in [-0.39, 0.29) is 17.7 Å². The van der Waals surface area contributed by atoms with Crippen molar-refractivity contribution >= 4 is 17.7 Å². The maximum Gasteiger partial charge on any atom is 0.220 e. The van der Waals surface area contributed by atoms with E-state index < -0.39 is 5.54 Å². The van der Waals surface area contributed by atoms with Crippen LogP contribution in [0.4, 0.5) is 0 Å².